The summed E-state index contributed by atoms with van der Waals surface area (Å²) in [6, 6.07) is 48.1. The fraction of sp³-hybridized carbons (Fsp3) is 0. The van der Waals surface area contributed by atoms with E-state index in [1.54, 1.807) is 4.57 Å². The Balaban J connectivity index is 1.30. The van der Waals surface area contributed by atoms with Gasteiger partial charge >= 0.3 is 0 Å². The number of aromatic nitrogens is 3. The molecular weight excluding hydrogens is 514 g/mol. The maximum atomic E-state index is 14.1. The van der Waals surface area contributed by atoms with Crippen LogP contribution < -0.4 is 5.56 Å². The molecule has 0 saturated heterocycles. The first-order valence-electron chi connectivity index (χ1n) is 14.1. The van der Waals surface area contributed by atoms with Gasteiger partial charge in [-0.1, -0.05) is 97.1 Å². The lowest BCUT2D eigenvalue weighted by Gasteiger charge is -2.15. The minimum absolute atomic E-state index is 0.141. The average molecular weight is 538 g/mol. The zero-order valence-corrected chi connectivity index (χ0v) is 22.5. The summed E-state index contributed by atoms with van der Waals surface area (Å²) < 4.78 is 3.77. The van der Waals surface area contributed by atoms with Crippen molar-refractivity contribution in [3.8, 4) is 16.8 Å². The quantitative estimate of drug-likeness (QED) is 0.207. The van der Waals surface area contributed by atoms with Crippen LogP contribution in [-0.2, 0) is 0 Å². The highest BCUT2D eigenvalue weighted by Crippen LogP contribution is 2.37. The first-order chi connectivity index (χ1) is 20.8. The van der Waals surface area contributed by atoms with E-state index in [-0.39, 0.29) is 5.56 Å². The molecule has 0 fully saturated rings. The lowest BCUT2D eigenvalue weighted by molar-refractivity contribution is 1.02. The molecule has 0 amide bonds. The van der Waals surface area contributed by atoms with Gasteiger partial charge in [-0.3, -0.25) is 13.8 Å². The van der Waals surface area contributed by atoms with Crippen LogP contribution in [0.5, 0.6) is 0 Å². The molecule has 0 saturated carbocycles. The van der Waals surface area contributed by atoms with Gasteiger partial charge in [-0.2, -0.15) is 0 Å². The van der Waals surface area contributed by atoms with E-state index in [2.05, 4.69) is 84.9 Å². The molecule has 0 aliphatic rings. The Labute approximate surface area is 240 Å². The topological polar surface area (TPSA) is 39.3 Å². The molecule has 2 heterocycles. The molecular formula is C38H23N3O. The Morgan fingerprint density at radius 3 is 1.76 bits per heavy atom. The number of hydrogen-bond donors (Lipinski definition) is 0. The highest BCUT2D eigenvalue weighted by atomic mass is 16.1. The van der Waals surface area contributed by atoms with Crippen LogP contribution in [0.25, 0.3) is 76.8 Å². The number of imidazole rings is 1. The van der Waals surface area contributed by atoms with Crippen molar-refractivity contribution in [1.82, 2.24) is 14.0 Å². The second-order valence-electron chi connectivity index (χ2n) is 10.8. The molecule has 0 unspecified atom stereocenters. The van der Waals surface area contributed by atoms with Gasteiger partial charge in [0.25, 0.3) is 5.56 Å². The third kappa shape index (κ3) is 3.17. The van der Waals surface area contributed by atoms with Gasteiger partial charge in [0.1, 0.15) is 0 Å². The molecule has 196 valence electrons. The molecule has 9 rings (SSSR count). The largest absolute Gasteiger partial charge is 0.299 e. The maximum Gasteiger partial charge on any atom is 0.299 e. The van der Waals surface area contributed by atoms with Crippen LogP contribution in [0.2, 0.25) is 0 Å². The van der Waals surface area contributed by atoms with E-state index < -0.39 is 0 Å². The number of rotatable bonds is 2. The highest BCUT2D eigenvalue weighted by Gasteiger charge is 2.17. The number of fused-ring (bicyclic) bond motifs is 11. The van der Waals surface area contributed by atoms with Gasteiger partial charge in [-0.05, 0) is 85.9 Å². The number of hydrogen-bond acceptors (Lipinski definition) is 2. The van der Waals surface area contributed by atoms with Crippen LogP contribution in [0.1, 0.15) is 0 Å². The third-order valence-electron chi connectivity index (χ3n) is 8.50. The lowest BCUT2D eigenvalue weighted by Crippen LogP contribution is -2.21. The molecule has 0 N–H and O–H groups in total. The predicted molar refractivity (Wildman–Crippen MR) is 174 cm³/mol. The Morgan fingerprint density at radius 1 is 0.452 bits per heavy atom. The molecule has 0 bridgehead atoms. The zero-order chi connectivity index (χ0) is 27.8. The second-order valence-corrected chi connectivity index (χ2v) is 10.8. The summed E-state index contributed by atoms with van der Waals surface area (Å²) in [7, 11) is 0. The van der Waals surface area contributed by atoms with Crippen molar-refractivity contribution in [2.75, 3.05) is 0 Å². The summed E-state index contributed by atoms with van der Waals surface area (Å²) in [5.74, 6) is 0. The van der Waals surface area contributed by atoms with E-state index in [1.165, 1.54) is 32.3 Å². The van der Waals surface area contributed by atoms with Crippen molar-refractivity contribution in [3.63, 3.8) is 0 Å². The van der Waals surface area contributed by atoms with E-state index in [4.69, 9.17) is 4.98 Å². The second kappa shape index (κ2) is 8.63. The Bertz CT molecular complexity index is 2570. The summed E-state index contributed by atoms with van der Waals surface area (Å²) >= 11 is 0. The van der Waals surface area contributed by atoms with Crippen LogP contribution >= 0.6 is 0 Å². The van der Waals surface area contributed by atoms with Gasteiger partial charge < -0.3 is 0 Å². The van der Waals surface area contributed by atoms with Gasteiger partial charge in [-0.15, -0.1) is 0 Å². The molecule has 7 aromatic carbocycles. The van der Waals surface area contributed by atoms with E-state index in [9.17, 15) is 4.79 Å². The van der Waals surface area contributed by atoms with Crippen molar-refractivity contribution in [2.45, 2.75) is 0 Å². The molecule has 0 atom stereocenters. The van der Waals surface area contributed by atoms with E-state index in [0.717, 1.165) is 38.9 Å². The zero-order valence-electron chi connectivity index (χ0n) is 22.5. The number of benzene rings is 7. The van der Waals surface area contributed by atoms with Crippen molar-refractivity contribution in [3.05, 3.63) is 150 Å². The summed E-state index contributed by atoms with van der Waals surface area (Å²) in [6.07, 6.45) is 0. The van der Waals surface area contributed by atoms with Gasteiger partial charge in [0, 0.05) is 0 Å². The van der Waals surface area contributed by atoms with Crippen molar-refractivity contribution in [2.24, 2.45) is 0 Å². The van der Waals surface area contributed by atoms with Gasteiger partial charge in [0.15, 0.2) is 0 Å². The summed E-state index contributed by atoms with van der Waals surface area (Å²) in [5, 5.41) is 7.48. The maximum absolute atomic E-state index is 14.1. The molecule has 4 nitrogen and oxygen atoms in total. The Morgan fingerprint density at radius 2 is 1.02 bits per heavy atom. The molecule has 4 heteroatoms. The third-order valence-corrected chi connectivity index (χ3v) is 8.50. The summed E-state index contributed by atoms with van der Waals surface area (Å²) in [6.45, 7) is 0. The minimum Gasteiger partial charge on any atom is -0.286 e. The van der Waals surface area contributed by atoms with Crippen molar-refractivity contribution in [1.29, 1.82) is 0 Å². The molecule has 2 aromatic heterocycles. The smallest absolute Gasteiger partial charge is 0.286 e. The number of nitrogens with zero attached hydrogens (tertiary/aromatic N) is 3. The molecule has 0 aliphatic heterocycles. The normalized spacial score (nSPS) is 11.9. The van der Waals surface area contributed by atoms with Crippen molar-refractivity contribution >= 4 is 60.0 Å². The first-order valence-corrected chi connectivity index (χ1v) is 14.1. The fourth-order valence-corrected chi connectivity index (χ4v) is 6.63. The predicted octanol–water partition coefficient (Wildman–Crippen LogP) is 8.92. The summed E-state index contributed by atoms with van der Waals surface area (Å²) in [5.41, 5.74) is 6.76. The lowest BCUT2D eigenvalue weighted by atomic mass is 9.92. The molecule has 0 radical (unpaired) electrons. The molecule has 42 heavy (non-hydrogen) atoms. The standard InChI is InChI=1S/C38H23N3O/c42-38-37-39-33-16-5-6-17-34(33)41(37)36-19-8-7-18-35(36)40(38)26-11-9-10-24(22-26)25-20-21-31-29-14-2-1-12-27(29)28-13-3-4-15-30(28)32(31)23-25/h1-23H. The van der Waals surface area contributed by atoms with E-state index >= 15 is 0 Å². The Kier molecular flexibility index (Phi) is 4.73. The van der Waals surface area contributed by atoms with Crippen LogP contribution in [-0.4, -0.2) is 14.0 Å². The minimum atomic E-state index is -0.141. The van der Waals surface area contributed by atoms with Crippen molar-refractivity contribution < 1.29 is 0 Å². The molecule has 9 aromatic rings. The fourth-order valence-electron chi connectivity index (χ4n) is 6.63. The van der Waals surface area contributed by atoms with Gasteiger partial charge in [0.05, 0.1) is 27.8 Å². The average Bonchev–Trinajstić information content (AvgIpc) is 3.45. The summed E-state index contributed by atoms with van der Waals surface area (Å²) in [4.78, 5) is 18.8. The monoisotopic (exact) mass is 537 g/mol. The molecule has 0 spiro atoms. The highest BCUT2D eigenvalue weighted by molar-refractivity contribution is 6.25. The van der Waals surface area contributed by atoms with Gasteiger partial charge in [-0.25, -0.2) is 4.98 Å². The van der Waals surface area contributed by atoms with Crippen LogP contribution in [0.15, 0.2) is 144 Å². The van der Waals surface area contributed by atoms with Gasteiger partial charge in [0.2, 0.25) is 5.65 Å². The first kappa shape index (κ1) is 23.0. The number of para-hydroxylation sites is 4. The molecule has 0 aliphatic carbocycles. The van der Waals surface area contributed by atoms with Crippen LogP contribution in [0.3, 0.4) is 0 Å². The Hall–Kier alpha value is -5.74. The van der Waals surface area contributed by atoms with E-state index in [1.807, 2.05) is 59.0 Å². The van der Waals surface area contributed by atoms with Crippen LogP contribution in [0, 0.1) is 0 Å². The van der Waals surface area contributed by atoms with E-state index in [0.29, 0.717) is 5.65 Å². The SMILES string of the molecule is O=c1c2nc3ccccc3n2c2ccccc2n1-c1cccc(-c2ccc3c4ccccc4c4ccccc4c3c2)c1. The van der Waals surface area contributed by atoms with Crippen LogP contribution in [0.4, 0.5) is 0 Å².